The quantitative estimate of drug-likeness (QED) is 0.570. The van der Waals surface area contributed by atoms with E-state index in [-0.39, 0.29) is 5.38 Å². The van der Waals surface area contributed by atoms with Gasteiger partial charge in [-0.05, 0) is 47.9 Å². The zero-order valence-electron chi connectivity index (χ0n) is 11.0. The van der Waals surface area contributed by atoms with Crippen LogP contribution < -0.4 is 0 Å². The molecule has 0 aliphatic carbocycles. The van der Waals surface area contributed by atoms with E-state index in [1.165, 1.54) is 16.3 Å². The Labute approximate surface area is 117 Å². The predicted octanol–water partition coefficient (Wildman–Crippen LogP) is 5.38. The summed E-state index contributed by atoms with van der Waals surface area (Å²) in [4.78, 5) is 0. The summed E-state index contributed by atoms with van der Waals surface area (Å²) < 4.78 is 5.65. The minimum Gasteiger partial charge on any atom is -0.464 e. The van der Waals surface area contributed by atoms with Crippen molar-refractivity contribution in [3.63, 3.8) is 0 Å². The van der Waals surface area contributed by atoms with Gasteiger partial charge in [-0.3, -0.25) is 0 Å². The fourth-order valence-corrected chi connectivity index (χ4v) is 2.74. The van der Waals surface area contributed by atoms with Crippen molar-refractivity contribution in [2.24, 2.45) is 0 Å². The fraction of sp³-hybridized carbons (Fsp3) is 0.176. The molecule has 1 heterocycles. The Morgan fingerprint density at radius 3 is 2.32 bits per heavy atom. The van der Waals surface area contributed by atoms with Gasteiger partial charge in [0, 0.05) is 0 Å². The van der Waals surface area contributed by atoms with Crippen LogP contribution in [0.5, 0.6) is 0 Å². The van der Waals surface area contributed by atoms with E-state index >= 15 is 0 Å². The van der Waals surface area contributed by atoms with Crippen molar-refractivity contribution in [2.45, 2.75) is 19.2 Å². The maximum absolute atomic E-state index is 6.58. The molecular weight excluding hydrogens is 256 g/mol. The van der Waals surface area contributed by atoms with Crippen LogP contribution in [0.1, 0.15) is 28.0 Å². The second kappa shape index (κ2) is 4.75. The molecule has 0 aliphatic rings. The van der Waals surface area contributed by atoms with Crippen LogP contribution in [0, 0.1) is 13.8 Å². The molecule has 0 aliphatic heterocycles. The molecule has 0 saturated heterocycles. The van der Waals surface area contributed by atoms with Crippen LogP contribution >= 0.6 is 11.6 Å². The molecule has 1 aromatic heterocycles. The zero-order valence-corrected chi connectivity index (χ0v) is 11.7. The molecule has 96 valence electrons. The largest absolute Gasteiger partial charge is 0.464 e. The van der Waals surface area contributed by atoms with Crippen LogP contribution in [0.2, 0.25) is 0 Å². The van der Waals surface area contributed by atoms with E-state index in [1.54, 1.807) is 0 Å². The lowest BCUT2D eigenvalue weighted by Gasteiger charge is -2.12. The van der Waals surface area contributed by atoms with Crippen molar-refractivity contribution in [1.29, 1.82) is 0 Å². The molecule has 1 atom stereocenters. The van der Waals surface area contributed by atoms with Crippen molar-refractivity contribution >= 4 is 22.4 Å². The van der Waals surface area contributed by atoms with Gasteiger partial charge in [0.2, 0.25) is 0 Å². The van der Waals surface area contributed by atoms with Crippen LogP contribution in [0.4, 0.5) is 0 Å². The topological polar surface area (TPSA) is 13.1 Å². The van der Waals surface area contributed by atoms with Crippen molar-refractivity contribution in [3.8, 4) is 0 Å². The van der Waals surface area contributed by atoms with Crippen molar-refractivity contribution in [3.05, 3.63) is 71.2 Å². The van der Waals surface area contributed by atoms with Crippen LogP contribution in [0.25, 0.3) is 10.8 Å². The first-order valence-corrected chi connectivity index (χ1v) is 6.79. The summed E-state index contributed by atoms with van der Waals surface area (Å²) in [6.45, 7) is 4.05. The van der Waals surface area contributed by atoms with Gasteiger partial charge in [-0.1, -0.05) is 36.4 Å². The molecule has 0 radical (unpaired) electrons. The molecule has 1 nitrogen and oxygen atoms in total. The summed E-state index contributed by atoms with van der Waals surface area (Å²) in [7, 11) is 0. The number of furan rings is 1. The number of benzene rings is 2. The Balaban J connectivity index is 2.18. The van der Waals surface area contributed by atoms with Crippen molar-refractivity contribution in [1.82, 2.24) is 0 Å². The van der Waals surface area contributed by atoms with Crippen LogP contribution in [0.15, 0.2) is 52.9 Å². The average molecular weight is 271 g/mol. The molecule has 3 aromatic rings. The number of alkyl halides is 1. The first-order valence-electron chi connectivity index (χ1n) is 6.35. The molecule has 0 bridgehead atoms. The highest BCUT2D eigenvalue weighted by Gasteiger charge is 2.17. The monoisotopic (exact) mass is 270 g/mol. The average Bonchev–Trinajstić information content (AvgIpc) is 2.86. The summed E-state index contributed by atoms with van der Waals surface area (Å²) in [5, 5.41) is 2.18. The van der Waals surface area contributed by atoms with Gasteiger partial charge < -0.3 is 4.42 Å². The number of fused-ring (bicyclic) bond motifs is 1. The second-order valence-electron chi connectivity index (χ2n) is 4.83. The van der Waals surface area contributed by atoms with Gasteiger partial charge in [0.25, 0.3) is 0 Å². The summed E-state index contributed by atoms with van der Waals surface area (Å²) >= 11 is 6.58. The molecule has 0 amide bonds. The van der Waals surface area contributed by atoms with Gasteiger partial charge in [-0.15, -0.1) is 11.6 Å². The van der Waals surface area contributed by atoms with Gasteiger partial charge in [-0.2, -0.15) is 0 Å². The van der Waals surface area contributed by atoms with Gasteiger partial charge in [-0.25, -0.2) is 0 Å². The third-order valence-corrected chi connectivity index (χ3v) is 3.91. The Bertz CT molecular complexity index is 727. The number of hydrogen-bond acceptors (Lipinski definition) is 1. The SMILES string of the molecule is Cc1ccc(C(Cl)c2ccc(C)c3ccccc23)o1. The first-order chi connectivity index (χ1) is 9.16. The molecule has 2 aromatic carbocycles. The zero-order chi connectivity index (χ0) is 13.4. The lowest BCUT2D eigenvalue weighted by Crippen LogP contribution is -1.94. The van der Waals surface area contributed by atoms with E-state index in [0.29, 0.717) is 0 Å². The highest BCUT2D eigenvalue weighted by atomic mass is 35.5. The standard InChI is InChI=1S/C17H15ClO/c1-11-7-9-15(14-6-4-3-5-13(11)14)17(18)16-10-8-12(2)19-16/h3-10,17H,1-2H3. The highest BCUT2D eigenvalue weighted by molar-refractivity contribution is 6.23. The molecule has 0 saturated carbocycles. The van der Waals surface area contributed by atoms with Gasteiger partial charge in [0.1, 0.15) is 16.9 Å². The third-order valence-electron chi connectivity index (χ3n) is 3.46. The number of hydrogen-bond donors (Lipinski definition) is 0. The Kier molecular flexibility index (Phi) is 3.08. The molecule has 1 unspecified atom stereocenters. The maximum Gasteiger partial charge on any atom is 0.126 e. The highest BCUT2D eigenvalue weighted by Crippen LogP contribution is 2.35. The summed E-state index contributed by atoms with van der Waals surface area (Å²) in [5.74, 6) is 1.69. The Morgan fingerprint density at radius 2 is 1.63 bits per heavy atom. The van der Waals surface area contributed by atoms with E-state index in [4.69, 9.17) is 16.0 Å². The van der Waals surface area contributed by atoms with E-state index in [9.17, 15) is 0 Å². The number of halogens is 1. The lowest BCUT2D eigenvalue weighted by molar-refractivity contribution is 0.489. The van der Waals surface area contributed by atoms with E-state index in [1.807, 2.05) is 25.1 Å². The summed E-state index contributed by atoms with van der Waals surface area (Å²) in [5.41, 5.74) is 2.36. The molecule has 0 fully saturated rings. The molecular formula is C17H15ClO. The number of rotatable bonds is 2. The first kappa shape index (κ1) is 12.3. The summed E-state index contributed by atoms with van der Waals surface area (Å²) in [6.07, 6.45) is 0. The van der Waals surface area contributed by atoms with E-state index in [2.05, 4.69) is 37.3 Å². The third kappa shape index (κ3) is 2.15. The second-order valence-corrected chi connectivity index (χ2v) is 5.26. The molecule has 2 heteroatoms. The minimum atomic E-state index is -0.251. The van der Waals surface area contributed by atoms with E-state index < -0.39 is 0 Å². The van der Waals surface area contributed by atoms with Crippen LogP contribution in [-0.2, 0) is 0 Å². The van der Waals surface area contributed by atoms with Gasteiger partial charge >= 0.3 is 0 Å². The molecule has 0 spiro atoms. The molecule has 3 rings (SSSR count). The maximum atomic E-state index is 6.58. The molecule has 0 N–H and O–H groups in total. The lowest BCUT2D eigenvalue weighted by atomic mass is 9.97. The van der Waals surface area contributed by atoms with Crippen LogP contribution in [-0.4, -0.2) is 0 Å². The summed E-state index contributed by atoms with van der Waals surface area (Å²) in [6, 6.07) is 16.4. The smallest absolute Gasteiger partial charge is 0.126 e. The minimum absolute atomic E-state index is 0.251. The molecule has 19 heavy (non-hydrogen) atoms. The van der Waals surface area contributed by atoms with Crippen molar-refractivity contribution in [2.75, 3.05) is 0 Å². The van der Waals surface area contributed by atoms with Crippen LogP contribution in [0.3, 0.4) is 0 Å². The Morgan fingerprint density at radius 1 is 0.895 bits per heavy atom. The van der Waals surface area contributed by atoms with Gasteiger partial charge in [0.15, 0.2) is 0 Å². The van der Waals surface area contributed by atoms with E-state index in [0.717, 1.165) is 17.1 Å². The normalized spacial score (nSPS) is 12.8. The van der Waals surface area contributed by atoms with Crippen molar-refractivity contribution < 1.29 is 4.42 Å². The van der Waals surface area contributed by atoms with Gasteiger partial charge in [0.05, 0.1) is 0 Å². The fourth-order valence-electron chi connectivity index (χ4n) is 2.44. The Hall–Kier alpha value is -1.73. The predicted molar refractivity (Wildman–Crippen MR) is 79.8 cm³/mol. The number of aryl methyl sites for hydroxylation is 2.